The summed E-state index contributed by atoms with van der Waals surface area (Å²) in [5, 5.41) is 4.29. The molecular formula is C22H24N4O2. The number of benzene rings is 1. The van der Waals surface area contributed by atoms with E-state index >= 15 is 0 Å². The number of ether oxygens (including phenoxy) is 1. The summed E-state index contributed by atoms with van der Waals surface area (Å²) >= 11 is 0. The van der Waals surface area contributed by atoms with Gasteiger partial charge >= 0.3 is 0 Å². The Hall–Kier alpha value is -3.15. The Morgan fingerprint density at radius 3 is 2.71 bits per heavy atom. The Morgan fingerprint density at radius 2 is 2.04 bits per heavy atom. The van der Waals surface area contributed by atoms with Gasteiger partial charge in [0.1, 0.15) is 5.75 Å². The molecular weight excluding hydrogens is 352 g/mol. The molecule has 1 aliphatic rings. The number of hydrogen-bond donors (Lipinski definition) is 0. The molecule has 1 amide bonds. The van der Waals surface area contributed by atoms with Crippen LogP contribution in [0.15, 0.2) is 36.7 Å². The number of methoxy groups -OCH3 is 1. The first-order valence-corrected chi connectivity index (χ1v) is 9.57. The molecule has 0 unspecified atom stereocenters. The van der Waals surface area contributed by atoms with E-state index in [1.54, 1.807) is 18.2 Å². The van der Waals surface area contributed by atoms with Crippen LogP contribution in [0.4, 0.5) is 5.69 Å². The number of pyridine rings is 1. The first kappa shape index (κ1) is 18.2. The number of hydrogen-bond acceptors (Lipinski definition) is 4. The molecule has 1 aromatic carbocycles. The lowest BCUT2D eigenvalue weighted by Gasteiger charge is -2.12. The average Bonchev–Trinajstić information content (AvgIpc) is 3.31. The highest BCUT2D eigenvalue weighted by Crippen LogP contribution is 2.33. The topological polar surface area (TPSA) is 60.2 Å². The largest absolute Gasteiger partial charge is 0.496 e. The molecule has 0 radical (unpaired) electrons. The Balaban J connectivity index is 1.72. The van der Waals surface area contributed by atoms with E-state index in [1.807, 2.05) is 36.9 Å². The van der Waals surface area contributed by atoms with E-state index < -0.39 is 0 Å². The van der Waals surface area contributed by atoms with E-state index in [0.717, 1.165) is 46.9 Å². The van der Waals surface area contributed by atoms with Crippen LogP contribution in [0, 0.1) is 6.92 Å². The van der Waals surface area contributed by atoms with Crippen molar-refractivity contribution in [3.8, 4) is 17.0 Å². The summed E-state index contributed by atoms with van der Waals surface area (Å²) in [4.78, 5) is 19.5. The summed E-state index contributed by atoms with van der Waals surface area (Å²) in [5.74, 6) is 0.853. The Morgan fingerprint density at radius 1 is 1.21 bits per heavy atom. The Bertz CT molecular complexity index is 1050. The molecule has 3 aromatic rings. The zero-order chi connectivity index (χ0) is 19.8. The molecule has 0 fully saturated rings. The molecule has 2 aromatic heterocycles. The van der Waals surface area contributed by atoms with Crippen molar-refractivity contribution in [1.82, 2.24) is 14.8 Å². The molecule has 0 atom stereocenters. The lowest BCUT2D eigenvalue weighted by Crippen LogP contribution is -2.22. The Kier molecular flexibility index (Phi) is 4.63. The van der Waals surface area contributed by atoms with E-state index in [2.05, 4.69) is 24.2 Å². The standard InChI is InChI=1S/C22H24N4O2/c1-5-15-7-8-16(10-20(15)28-4)18-9-14(3)21-19(24-18)13-26(22(21)27)17-11-23-25(6-2)12-17/h7-12H,5-6,13H2,1-4H3. The van der Waals surface area contributed by atoms with Crippen LogP contribution >= 0.6 is 0 Å². The molecule has 6 heteroatoms. The van der Waals surface area contributed by atoms with Gasteiger partial charge < -0.3 is 4.74 Å². The van der Waals surface area contributed by atoms with Crippen LogP contribution in [-0.4, -0.2) is 27.8 Å². The molecule has 0 aliphatic carbocycles. The van der Waals surface area contributed by atoms with Crippen molar-refractivity contribution in [3.63, 3.8) is 0 Å². The minimum atomic E-state index is -0.0129. The molecule has 3 heterocycles. The van der Waals surface area contributed by atoms with Gasteiger partial charge in [0, 0.05) is 18.3 Å². The Labute approximate surface area is 164 Å². The predicted octanol–water partition coefficient (Wildman–Crippen LogP) is 4.00. The van der Waals surface area contributed by atoms with Gasteiger partial charge in [0.05, 0.1) is 42.5 Å². The molecule has 1 aliphatic heterocycles. The monoisotopic (exact) mass is 376 g/mol. The molecule has 6 nitrogen and oxygen atoms in total. The molecule has 0 saturated carbocycles. The van der Waals surface area contributed by atoms with Crippen molar-refractivity contribution in [1.29, 1.82) is 0 Å². The van der Waals surface area contributed by atoms with Crippen molar-refractivity contribution in [2.24, 2.45) is 0 Å². The van der Waals surface area contributed by atoms with Crippen molar-refractivity contribution in [3.05, 3.63) is 59.0 Å². The minimum Gasteiger partial charge on any atom is -0.496 e. The second-order valence-electron chi connectivity index (χ2n) is 6.97. The fourth-order valence-electron chi connectivity index (χ4n) is 3.72. The van der Waals surface area contributed by atoms with Crippen LogP contribution in [0.5, 0.6) is 5.75 Å². The number of aryl methyl sites for hydroxylation is 3. The average molecular weight is 376 g/mol. The third kappa shape index (κ3) is 2.95. The zero-order valence-corrected chi connectivity index (χ0v) is 16.7. The molecule has 0 bridgehead atoms. The molecule has 0 N–H and O–H groups in total. The summed E-state index contributed by atoms with van der Waals surface area (Å²) in [7, 11) is 1.69. The lowest BCUT2D eigenvalue weighted by atomic mass is 10.0. The third-order valence-corrected chi connectivity index (χ3v) is 5.28. The van der Waals surface area contributed by atoms with Gasteiger partial charge in [0.15, 0.2) is 0 Å². The molecule has 144 valence electrons. The quantitative estimate of drug-likeness (QED) is 0.675. The van der Waals surface area contributed by atoms with Gasteiger partial charge in [-0.1, -0.05) is 19.1 Å². The molecule has 28 heavy (non-hydrogen) atoms. The number of aromatic nitrogens is 3. The number of rotatable bonds is 5. The normalized spacial score (nSPS) is 13.1. The highest BCUT2D eigenvalue weighted by molar-refractivity contribution is 6.10. The number of fused-ring (bicyclic) bond motifs is 1. The van der Waals surface area contributed by atoms with Crippen LogP contribution in [-0.2, 0) is 19.5 Å². The van der Waals surface area contributed by atoms with Crippen LogP contribution in [0.1, 0.15) is 41.0 Å². The van der Waals surface area contributed by atoms with Gasteiger partial charge in [-0.05, 0) is 43.5 Å². The minimum absolute atomic E-state index is 0.0129. The number of amides is 1. The van der Waals surface area contributed by atoms with Gasteiger partial charge in [-0.3, -0.25) is 19.4 Å². The first-order valence-electron chi connectivity index (χ1n) is 9.57. The fraction of sp³-hybridized carbons (Fsp3) is 0.318. The van der Waals surface area contributed by atoms with E-state index in [9.17, 15) is 4.79 Å². The van der Waals surface area contributed by atoms with Gasteiger partial charge in [0.25, 0.3) is 5.91 Å². The highest BCUT2D eigenvalue weighted by atomic mass is 16.5. The molecule has 4 rings (SSSR count). The van der Waals surface area contributed by atoms with Crippen molar-refractivity contribution in [2.75, 3.05) is 12.0 Å². The zero-order valence-electron chi connectivity index (χ0n) is 16.7. The van der Waals surface area contributed by atoms with E-state index in [4.69, 9.17) is 9.72 Å². The van der Waals surface area contributed by atoms with Gasteiger partial charge in [-0.15, -0.1) is 0 Å². The third-order valence-electron chi connectivity index (χ3n) is 5.28. The number of anilines is 1. The van der Waals surface area contributed by atoms with Crippen LogP contribution in [0.2, 0.25) is 0 Å². The van der Waals surface area contributed by atoms with Crippen LogP contribution in [0.3, 0.4) is 0 Å². The number of carbonyl (C=O) groups excluding carboxylic acids is 1. The van der Waals surface area contributed by atoms with Crippen LogP contribution < -0.4 is 9.64 Å². The summed E-state index contributed by atoms with van der Waals surface area (Å²) in [6.45, 7) is 7.33. The van der Waals surface area contributed by atoms with Crippen molar-refractivity contribution < 1.29 is 9.53 Å². The summed E-state index contributed by atoms with van der Waals surface area (Å²) in [5.41, 5.74) is 6.26. The maximum atomic E-state index is 13.0. The molecule has 0 spiro atoms. The maximum absolute atomic E-state index is 13.0. The van der Waals surface area contributed by atoms with Gasteiger partial charge in [0.2, 0.25) is 0 Å². The maximum Gasteiger partial charge on any atom is 0.260 e. The fourth-order valence-corrected chi connectivity index (χ4v) is 3.72. The first-order chi connectivity index (χ1) is 13.5. The lowest BCUT2D eigenvalue weighted by molar-refractivity contribution is 0.0996. The summed E-state index contributed by atoms with van der Waals surface area (Å²) in [6.07, 6.45) is 4.54. The SMILES string of the molecule is CCc1ccc(-c2cc(C)c3c(n2)CN(c2cnn(CC)c2)C3=O)cc1OC. The van der Waals surface area contributed by atoms with Crippen molar-refractivity contribution >= 4 is 11.6 Å². The van der Waals surface area contributed by atoms with E-state index in [1.165, 1.54) is 5.56 Å². The smallest absolute Gasteiger partial charge is 0.260 e. The number of carbonyl (C=O) groups is 1. The second-order valence-corrected chi connectivity index (χ2v) is 6.97. The van der Waals surface area contributed by atoms with Gasteiger partial charge in [-0.25, -0.2) is 0 Å². The molecule has 0 saturated heterocycles. The summed E-state index contributed by atoms with van der Waals surface area (Å²) in [6, 6.07) is 8.15. The van der Waals surface area contributed by atoms with E-state index in [-0.39, 0.29) is 5.91 Å². The predicted molar refractivity (Wildman–Crippen MR) is 109 cm³/mol. The second kappa shape index (κ2) is 7.11. The summed E-state index contributed by atoms with van der Waals surface area (Å²) < 4.78 is 7.35. The number of nitrogens with zero attached hydrogens (tertiary/aromatic N) is 4. The van der Waals surface area contributed by atoms with Crippen LogP contribution in [0.25, 0.3) is 11.3 Å². The van der Waals surface area contributed by atoms with Gasteiger partial charge in [-0.2, -0.15) is 5.10 Å². The van der Waals surface area contributed by atoms with E-state index in [0.29, 0.717) is 12.1 Å². The highest BCUT2D eigenvalue weighted by Gasteiger charge is 2.32. The van der Waals surface area contributed by atoms with Crippen molar-refractivity contribution in [2.45, 2.75) is 40.3 Å².